The first-order valence-electron chi connectivity index (χ1n) is 8.71. The first-order chi connectivity index (χ1) is 12.4. The van der Waals surface area contributed by atoms with Crippen LogP contribution in [0, 0.1) is 0 Å². The van der Waals surface area contributed by atoms with Crippen LogP contribution in [0.2, 0.25) is 0 Å². The second-order valence-electron chi connectivity index (χ2n) is 6.44. The zero-order valence-corrected chi connectivity index (χ0v) is 16.2. The number of likely N-dealkylation sites (N-methyl/N-ethyl adjacent to an activating group) is 1. The molecule has 2 N–H and O–H groups in total. The summed E-state index contributed by atoms with van der Waals surface area (Å²) in [6.07, 6.45) is 0. The van der Waals surface area contributed by atoms with Gasteiger partial charge in [-0.3, -0.25) is 9.69 Å². The molecule has 0 spiro atoms. The fraction of sp³-hybridized carbons (Fsp3) is 0.588. The Balaban J connectivity index is 1.82. The third-order valence-corrected chi connectivity index (χ3v) is 5.57. The van der Waals surface area contributed by atoms with Crippen molar-refractivity contribution in [3.8, 4) is 0 Å². The highest BCUT2D eigenvalue weighted by molar-refractivity contribution is 7.89. The molecule has 1 heterocycles. The fourth-order valence-corrected chi connectivity index (χ4v) is 3.55. The molecule has 1 aliphatic heterocycles. The van der Waals surface area contributed by atoms with Crippen molar-refractivity contribution < 1.29 is 17.9 Å². The molecule has 1 aliphatic rings. The van der Waals surface area contributed by atoms with E-state index in [-0.39, 0.29) is 10.8 Å². The number of rotatable bonds is 9. The number of morpholine rings is 1. The molecule has 1 aromatic rings. The molecule has 2 rings (SSSR count). The normalized spacial score (nSPS) is 16.0. The number of amides is 1. The highest BCUT2D eigenvalue weighted by atomic mass is 32.2. The van der Waals surface area contributed by atoms with Crippen LogP contribution in [0.3, 0.4) is 0 Å². The van der Waals surface area contributed by atoms with Gasteiger partial charge in [0.05, 0.1) is 18.1 Å². The lowest BCUT2D eigenvalue weighted by Gasteiger charge is -2.26. The van der Waals surface area contributed by atoms with Crippen molar-refractivity contribution in [2.45, 2.75) is 4.90 Å². The molecule has 26 heavy (non-hydrogen) atoms. The summed E-state index contributed by atoms with van der Waals surface area (Å²) in [6.45, 7) is 5.48. The van der Waals surface area contributed by atoms with E-state index in [1.54, 1.807) is 0 Å². The minimum atomic E-state index is -3.56. The minimum Gasteiger partial charge on any atom is -0.379 e. The van der Waals surface area contributed by atoms with Crippen molar-refractivity contribution in [3.05, 3.63) is 29.8 Å². The maximum Gasteiger partial charge on any atom is 0.251 e. The second kappa shape index (κ2) is 9.98. The third kappa shape index (κ3) is 6.65. The number of hydrogen-bond acceptors (Lipinski definition) is 6. The molecule has 0 radical (unpaired) electrons. The first-order valence-corrected chi connectivity index (χ1v) is 10.2. The zero-order chi connectivity index (χ0) is 19.0. The number of carbonyl (C=O) groups is 1. The molecule has 0 saturated carbocycles. The second-order valence-corrected chi connectivity index (χ2v) is 8.20. The lowest BCUT2D eigenvalue weighted by atomic mass is 10.2. The van der Waals surface area contributed by atoms with Gasteiger partial charge in [0.2, 0.25) is 10.0 Å². The van der Waals surface area contributed by atoms with Crippen molar-refractivity contribution in [3.63, 3.8) is 0 Å². The average Bonchev–Trinajstić information content (AvgIpc) is 2.62. The molecule has 0 atom stereocenters. The van der Waals surface area contributed by atoms with Gasteiger partial charge < -0.3 is 15.0 Å². The molecule has 0 aliphatic carbocycles. The Hall–Kier alpha value is -1.52. The van der Waals surface area contributed by atoms with Crippen molar-refractivity contribution in [1.29, 1.82) is 0 Å². The molecule has 9 heteroatoms. The predicted molar refractivity (Wildman–Crippen MR) is 99.8 cm³/mol. The van der Waals surface area contributed by atoms with E-state index in [1.165, 1.54) is 24.3 Å². The summed E-state index contributed by atoms with van der Waals surface area (Å²) in [4.78, 5) is 16.5. The van der Waals surface area contributed by atoms with Crippen LogP contribution in [0.1, 0.15) is 10.4 Å². The summed E-state index contributed by atoms with van der Waals surface area (Å²) in [5.41, 5.74) is 0.444. The summed E-state index contributed by atoms with van der Waals surface area (Å²) in [5, 5.41) is 2.86. The summed E-state index contributed by atoms with van der Waals surface area (Å²) in [5.74, 6) is -0.206. The molecule has 1 amide bonds. The van der Waals surface area contributed by atoms with Crippen molar-refractivity contribution >= 4 is 15.9 Å². The number of carbonyl (C=O) groups excluding carboxylic acids is 1. The molecule has 0 unspecified atom stereocenters. The van der Waals surface area contributed by atoms with Gasteiger partial charge >= 0.3 is 0 Å². The lowest BCUT2D eigenvalue weighted by Crippen LogP contribution is -2.41. The zero-order valence-electron chi connectivity index (χ0n) is 15.4. The molecule has 1 fully saturated rings. The first kappa shape index (κ1) is 20.8. The predicted octanol–water partition coefficient (Wildman–Crippen LogP) is -0.411. The van der Waals surface area contributed by atoms with Crippen molar-refractivity contribution in [2.24, 2.45) is 0 Å². The monoisotopic (exact) mass is 384 g/mol. The Morgan fingerprint density at radius 1 is 1.15 bits per heavy atom. The number of nitrogens with one attached hydrogen (secondary N) is 2. The molecular formula is C17H28N4O4S. The molecule has 0 bridgehead atoms. The van der Waals surface area contributed by atoms with Gasteiger partial charge in [-0.15, -0.1) is 0 Å². The number of ether oxygens (including phenoxy) is 1. The molecule has 146 valence electrons. The number of sulfonamides is 1. The van der Waals surface area contributed by atoms with Crippen LogP contribution >= 0.6 is 0 Å². The van der Waals surface area contributed by atoms with Gasteiger partial charge in [0.15, 0.2) is 0 Å². The molecule has 1 saturated heterocycles. The van der Waals surface area contributed by atoms with Crippen molar-refractivity contribution in [1.82, 2.24) is 19.8 Å². The van der Waals surface area contributed by atoms with Crippen molar-refractivity contribution in [2.75, 3.05) is 66.6 Å². The SMILES string of the molecule is CN(C)CCNS(=O)(=O)c1ccc(C(=O)NCCN2CCOCC2)cc1. The Bertz CT molecular complexity index is 671. The maximum atomic E-state index is 12.2. The van der Waals surface area contributed by atoms with Gasteiger partial charge in [0.25, 0.3) is 5.91 Å². The lowest BCUT2D eigenvalue weighted by molar-refractivity contribution is 0.0383. The highest BCUT2D eigenvalue weighted by Crippen LogP contribution is 2.10. The summed E-state index contributed by atoms with van der Waals surface area (Å²) >= 11 is 0. The van der Waals surface area contributed by atoms with Crippen LogP contribution in [-0.2, 0) is 14.8 Å². The average molecular weight is 385 g/mol. The number of hydrogen-bond donors (Lipinski definition) is 2. The van der Waals surface area contributed by atoms with E-state index in [2.05, 4.69) is 14.9 Å². The summed E-state index contributed by atoms with van der Waals surface area (Å²) in [6, 6.07) is 5.97. The van der Waals surface area contributed by atoms with Crippen LogP contribution in [0.4, 0.5) is 0 Å². The number of nitrogens with zero attached hydrogens (tertiary/aromatic N) is 2. The van der Waals surface area contributed by atoms with Gasteiger partial charge in [-0.05, 0) is 38.4 Å². The largest absolute Gasteiger partial charge is 0.379 e. The van der Waals surface area contributed by atoms with E-state index in [0.717, 1.165) is 32.8 Å². The van der Waals surface area contributed by atoms with Gasteiger partial charge in [-0.2, -0.15) is 0 Å². The van der Waals surface area contributed by atoms with E-state index in [4.69, 9.17) is 4.74 Å². The fourth-order valence-electron chi connectivity index (χ4n) is 2.53. The molecular weight excluding hydrogens is 356 g/mol. The Morgan fingerprint density at radius 2 is 1.81 bits per heavy atom. The van der Waals surface area contributed by atoms with Gasteiger partial charge in [0.1, 0.15) is 0 Å². The maximum absolute atomic E-state index is 12.2. The van der Waals surface area contributed by atoms with E-state index in [9.17, 15) is 13.2 Å². The highest BCUT2D eigenvalue weighted by Gasteiger charge is 2.15. The molecule has 0 aromatic heterocycles. The van der Waals surface area contributed by atoms with Gasteiger partial charge in [-0.25, -0.2) is 13.1 Å². The quantitative estimate of drug-likeness (QED) is 0.601. The van der Waals surface area contributed by atoms with Crippen LogP contribution in [-0.4, -0.2) is 90.7 Å². The van der Waals surface area contributed by atoms with Crippen LogP contribution in [0.25, 0.3) is 0 Å². The van der Waals surface area contributed by atoms with E-state index in [1.807, 2.05) is 19.0 Å². The third-order valence-electron chi connectivity index (χ3n) is 4.10. The molecule has 1 aromatic carbocycles. The molecule has 8 nitrogen and oxygen atoms in total. The van der Waals surface area contributed by atoms with Crippen LogP contribution in [0.15, 0.2) is 29.2 Å². The Morgan fingerprint density at radius 3 is 2.42 bits per heavy atom. The van der Waals surface area contributed by atoms with E-state index >= 15 is 0 Å². The van der Waals surface area contributed by atoms with E-state index in [0.29, 0.717) is 25.2 Å². The Kier molecular flexibility index (Phi) is 7.98. The summed E-state index contributed by atoms with van der Waals surface area (Å²) in [7, 11) is 0.195. The minimum absolute atomic E-state index is 0.154. The van der Waals surface area contributed by atoms with Crippen LogP contribution in [0.5, 0.6) is 0 Å². The topological polar surface area (TPSA) is 91.0 Å². The Labute approximate surface area is 155 Å². The number of benzene rings is 1. The van der Waals surface area contributed by atoms with Gasteiger partial charge in [-0.1, -0.05) is 0 Å². The standard InChI is InChI=1S/C17H28N4O4S/c1-20(2)9-8-19-26(23,24)16-5-3-15(4-6-16)17(22)18-7-10-21-11-13-25-14-12-21/h3-6,19H,7-14H2,1-2H3,(H,18,22). The van der Waals surface area contributed by atoms with Gasteiger partial charge in [0, 0.05) is 44.8 Å². The van der Waals surface area contributed by atoms with Crippen LogP contribution < -0.4 is 10.0 Å². The summed E-state index contributed by atoms with van der Waals surface area (Å²) < 4.78 is 32.2. The smallest absolute Gasteiger partial charge is 0.251 e. The van der Waals surface area contributed by atoms with E-state index < -0.39 is 10.0 Å².